The maximum absolute atomic E-state index is 14.3. The molecule has 0 aromatic heterocycles. The molecule has 0 fully saturated rings. The maximum Gasteiger partial charge on any atom is 0.333 e. The van der Waals surface area contributed by atoms with E-state index in [0.29, 0.717) is 23.5 Å². The standard InChI is InChI=1S/C39H52N4O7S/c1-7-9-22-39(23-10-8-2)26-43(30-18-16-29(17-19-30)40-37(46)42-38(3,4)5)32-21-20-31(24-33(32)51(47,48)27-39)50-25-34(44)41-35(36(45)49-6)28-14-12-11-13-15-28/h11-21,24,35H,7-10,22-23,25-27H2,1-6H3,(H,41,44)(H2,40,42,46). The van der Waals surface area contributed by atoms with E-state index in [1.807, 2.05) is 45.0 Å². The summed E-state index contributed by atoms with van der Waals surface area (Å²) in [6.45, 7) is 9.98. The fourth-order valence-electron chi connectivity index (χ4n) is 6.39. The number of fused-ring (bicyclic) bond motifs is 1. The first-order chi connectivity index (χ1) is 24.2. The second-order valence-corrected chi connectivity index (χ2v) is 16.2. The third-order valence-electron chi connectivity index (χ3n) is 8.84. The van der Waals surface area contributed by atoms with Crippen LogP contribution >= 0.6 is 0 Å². The number of hydrogen-bond donors (Lipinski definition) is 3. The number of amides is 3. The molecule has 0 aliphatic carbocycles. The van der Waals surface area contributed by atoms with Crippen molar-refractivity contribution in [2.45, 2.75) is 89.6 Å². The molecule has 3 N–H and O–H groups in total. The third kappa shape index (κ3) is 10.7. The van der Waals surface area contributed by atoms with Crippen LogP contribution in [-0.4, -0.2) is 57.9 Å². The summed E-state index contributed by atoms with van der Waals surface area (Å²) >= 11 is 0. The monoisotopic (exact) mass is 720 g/mol. The largest absolute Gasteiger partial charge is 0.484 e. The van der Waals surface area contributed by atoms with Crippen molar-refractivity contribution in [2.75, 3.05) is 36.2 Å². The second-order valence-electron chi connectivity index (χ2n) is 14.3. The molecule has 1 atom stereocenters. The number of nitrogens with one attached hydrogen (secondary N) is 3. The van der Waals surface area contributed by atoms with Gasteiger partial charge in [-0.15, -0.1) is 0 Å². The number of carbonyl (C=O) groups is 3. The zero-order valence-corrected chi connectivity index (χ0v) is 31.4. The average molecular weight is 721 g/mol. The normalized spacial score (nSPS) is 15.5. The molecule has 0 spiro atoms. The van der Waals surface area contributed by atoms with Crippen molar-refractivity contribution in [2.24, 2.45) is 5.41 Å². The Bertz CT molecular complexity index is 1750. The Kier molecular flexibility index (Phi) is 13.1. The lowest BCUT2D eigenvalue weighted by atomic mass is 9.79. The topological polar surface area (TPSA) is 143 Å². The van der Waals surface area contributed by atoms with E-state index in [1.54, 1.807) is 42.5 Å². The van der Waals surface area contributed by atoms with E-state index in [4.69, 9.17) is 9.47 Å². The Morgan fingerprint density at radius 3 is 2.16 bits per heavy atom. The van der Waals surface area contributed by atoms with Crippen LogP contribution in [0.15, 0.2) is 77.7 Å². The number of ether oxygens (including phenoxy) is 2. The summed E-state index contributed by atoms with van der Waals surface area (Å²) in [5.41, 5.74) is 1.56. The Labute approximate surface area is 302 Å². The van der Waals surface area contributed by atoms with Gasteiger partial charge in [-0.2, -0.15) is 0 Å². The molecular formula is C39H52N4O7S. The first-order valence-corrected chi connectivity index (χ1v) is 19.2. The van der Waals surface area contributed by atoms with Crippen molar-refractivity contribution in [3.63, 3.8) is 0 Å². The number of hydrogen-bond acceptors (Lipinski definition) is 8. The molecule has 3 aromatic carbocycles. The minimum atomic E-state index is -3.81. The lowest BCUT2D eigenvalue weighted by Gasteiger charge is -2.37. The molecular weight excluding hydrogens is 669 g/mol. The highest BCUT2D eigenvalue weighted by Crippen LogP contribution is 2.46. The van der Waals surface area contributed by atoms with Crippen LogP contribution in [0.1, 0.15) is 84.7 Å². The van der Waals surface area contributed by atoms with E-state index in [-0.39, 0.29) is 22.4 Å². The van der Waals surface area contributed by atoms with Crippen molar-refractivity contribution < 1.29 is 32.3 Å². The zero-order valence-electron chi connectivity index (χ0n) is 30.6. The predicted octanol–water partition coefficient (Wildman–Crippen LogP) is 7.31. The fourth-order valence-corrected chi connectivity index (χ4v) is 8.52. The van der Waals surface area contributed by atoms with Crippen molar-refractivity contribution >= 4 is 44.8 Å². The predicted molar refractivity (Wildman–Crippen MR) is 200 cm³/mol. The van der Waals surface area contributed by atoms with Crippen molar-refractivity contribution in [1.82, 2.24) is 10.6 Å². The van der Waals surface area contributed by atoms with Gasteiger partial charge in [-0.05, 0) is 75.6 Å². The number of benzene rings is 3. The number of esters is 1. The number of urea groups is 1. The molecule has 51 heavy (non-hydrogen) atoms. The molecule has 0 saturated carbocycles. The van der Waals surface area contributed by atoms with Gasteiger partial charge in [0.1, 0.15) is 5.75 Å². The fraction of sp³-hybridized carbons (Fsp3) is 0.462. The summed E-state index contributed by atoms with van der Waals surface area (Å²) in [6.07, 6.45) is 5.19. The summed E-state index contributed by atoms with van der Waals surface area (Å²) in [5.74, 6) is -1.01. The van der Waals surface area contributed by atoms with Crippen molar-refractivity contribution in [1.29, 1.82) is 0 Å². The minimum Gasteiger partial charge on any atom is -0.484 e. The quantitative estimate of drug-likeness (QED) is 0.147. The number of unbranched alkanes of at least 4 members (excludes halogenated alkanes) is 2. The smallest absolute Gasteiger partial charge is 0.333 e. The van der Waals surface area contributed by atoms with Crippen LogP contribution < -0.4 is 25.6 Å². The van der Waals surface area contributed by atoms with Gasteiger partial charge in [0.05, 0.1) is 23.4 Å². The highest BCUT2D eigenvalue weighted by Gasteiger charge is 2.42. The Morgan fingerprint density at radius 2 is 1.57 bits per heavy atom. The van der Waals surface area contributed by atoms with Gasteiger partial charge in [-0.25, -0.2) is 18.0 Å². The van der Waals surface area contributed by atoms with Gasteiger partial charge in [0, 0.05) is 34.9 Å². The molecule has 0 saturated heterocycles. The highest BCUT2D eigenvalue weighted by atomic mass is 32.2. The summed E-state index contributed by atoms with van der Waals surface area (Å²) in [5, 5.41) is 8.41. The molecule has 1 aliphatic heterocycles. The summed E-state index contributed by atoms with van der Waals surface area (Å²) in [7, 11) is -2.56. The zero-order chi connectivity index (χ0) is 37.2. The average Bonchev–Trinajstić information content (AvgIpc) is 3.19. The molecule has 3 amide bonds. The molecule has 11 nitrogen and oxygen atoms in total. The summed E-state index contributed by atoms with van der Waals surface area (Å²) < 4.78 is 39.4. The number of anilines is 3. The summed E-state index contributed by atoms with van der Waals surface area (Å²) in [6, 6.07) is 19.6. The van der Waals surface area contributed by atoms with Gasteiger partial charge in [0.15, 0.2) is 22.5 Å². The molecule has 276 valence electrons. The molecule has 4 rings (SSSR count). The lowest BCUT2D eigenvalue weighted by Crippen LogP contribution is -2.43. The van der Waals surface area contributed by atoms with Gasteiger partial charge in [-0.1, -0.05) is 69.9 Å². The number of sulfone groups is 1. The van der Waals surface area contributed by atoms with E-state index in [2.05, 4.69) is 34.7 Å². The maximum atomic E-state index is 14.3. The van der Waals surface area contributed by atoms with Crippen LogP contribution in [0.4, 0.5) is 21.9 Å². The third-order valence-corrected chi connectivity index (χ3v) is 10.8. The minimum absolute atomic E-state index is 0.0159. The highest BCUT2D eigenvalue weighted by molar-refractivity contribution is 7.91. The number of methoxy groups -OCH3 is 1. The van der Waals surface area contributed by atoms with Crippen molar-refractivity contribution in [3.05, 3.63) is 78.4 Å². The molecule has 3 aromatic rings. The molecule has 12 heteroatoms. The van der Waals surface area contributed by atoms with Gasteiger partial charge < -0.3 is 30.3 Å². The first-order valence-electron chi connectivity index (χ1n) is 17.6. The van der Waals surface area contributed by atoms with Gasteiger partial charge >= 0.3 is 12.0 Å². The summed E-state index contributed by atoms with van der Waals surface area (Å²) in [4.78, 5) is 40.1. The van der Waals surface area contributed by atoms with Crippen LogP contribution in [0.3, 0.4) is 0 Å². The molecule has 0 radical (unpaired) electrons. The molecule has 1 heterocycles. The SMILES string of the molecule is CCCCC1(CCCC)CN(c2ccc(NC(=O)NC(C)(C)C)cc2)c2ccc(OCC(=O)NC(C(=O)OC)c3ccccc3)cc2S(=O)(=O)C1. The number of nitrogens with zero attached hydrogens (tertiary/aromatic N) is 1. The molecule has 1 aliphatic rings. The lowest BCUT2D eigenvalue weighted by molar-refractivity contribution is -0.145. The van der Waals surface area contributed by atoms with Crippen LogP contribution in [0, 0.1) is 5.41 Å². The Balaban J connectivity index is 1.66. The number of rotatable bonds is 14. The van der Waals surface area contributed by atoms with E-state index in [9.17, 15) is 22.8 Å². The van der Waals surface area contributed by atoms with E-state index in [0.717, 1.165) is 44.2 Å². The van der Waals surface area contributed by atoms with Gasteiger partial charge in [0.2, 0.25) is 0 Å². The molecule has 0 bridgehead atoms. The Hall–Kier alpha value is -4.58. The van der Waals surface area contributed by atoms with Gasteiger partial charge in [-0.3, -0.25) is 4.79 Å². The van der Waals surface area contributed by atoms with Crippen LogP contribution in [-0.2, 0) is 24.2 Å². The van der Waals surface area contributed by atoms with Gasteiger partial charge in [0.25, 0.3) is 5.91 Å². The Morgan fingerprint density at radius 1 is 0.922 bits per heavy atom. The molecule has 1 unspecified atom stereocenters. The van der Waals surface area contributed by atoms with E-state index in [1.165, 1.54) is 13.2 Å². The van der Waals surface area contributed by atoms with Crippen molar-refractivity contribution in [3.8, 4) is 5.75 Å². The second kappa shape index (κ2) is 17.1. The van der Waals surface area contributed by atoms with E-state index >= 15 is 0 Å². The van der Waals surface area contributed by atoms with Crippen LogP contribution in [0.5, 0.6) is 5.75 Å². The van der Waals surface area contributed by atoms with Crippen LogP contribution in [0.25, 0.3) is 0 Å². The first kappa shape index (κ1) is 39.2. The number of carbonyl (C=O) groups excluding carboxylic acids is 3. The van der Waals surface area contributed by atoms with E-state index < -0.39 is 45.3 Å². The van der Waals surface area contributed by atoms with Crippen LogP contribution in [0.2, 0.25) is 0 Å².